The Kier molecular flexibility index (Phi) is 42.1. The van der Waals surface area contributed by atoms with E-state index in [4.69, 9.17) is 9.84 Å². The van der Waals surface area contributed by atoms with Crippen molar-refractivity contribution in [3.8, 4) is 0 Å². The van der Waals surface area contributed by atoms with Crippen LogP contribution in [0.1, 0.15) is 232 Å². The molecule has 306 valence electrons. The number of rotatable bonds is 41. The Bertz CT molecular complexity index is 927. The molecule has 0 radical (unpaired) electrons. The zero-order valence-corrected chi connectivity index (χ0v) is 35.1. The van der Waals surface area contributed by atoms with Gasteiger partial charge in [-0.1, -0.05) is 197 Å². The molecule has 0 aromatic rings. The van der Waals surface area contributed by atoms with Gasteiger partial charge in [-0.05, 0) is 83.5 Å². The maximum atomic E-state index is 12.7. The molecule has 0 aliphatic carbocycles. The third-order valence-corrected chi connectivity index (χ3v) is 10.0. The quantitative estimate of drug-likeness (QED) is 0.0385. The molecule has 0 aliphatic rings. The van der Waals surface area contributed by atoms with Crippen LogP contribution in [0.15, 0.2) is 60.8 Å². The molecule has 1 atom stereocenters. The van der Waals surface area contributed by atoms with Crippen molar-refractivity contribution in [2.24, 2.45) is 0 Å². The summed E-state index contributed by atoms with van der Waals surface area (Å²) < 4.78 is 6.02. The van der Waals surface area contributed by atoms with Gasteiger partial charge in [-0.25, -0.2) is 0 Å². The molecule has 0 amide bonds. The average Bonchev–Trinajstić information content (AvgIpc) is 3.14. The smallest absolute Gasteiger partial charge is 0.306 e. The summed E-state index contributed by atoms with van der Waals surface area (Å²) in [6.45, 7) is 4.45. The molecule has 0 fully saturated rings. The molecule has 0 saturated heterocycles. The zero-order valence-electron chi connectivity index (χ0n) is 35.1. The number of aliphatic carboxylic acids is 1. The van der Waals surface area contributed by atoms with Gasteiger partial charge in [-0.15, -0.1) is 0 Å². The van der Waals surface area contributed by atoms with Gasteiger partial charge in [-0.2, -0.15) is 0 Å². The molecular formula is C49H86O4. The van der Waals surface area contributed by atoms with Gasteiger partial charge in [0.1, 0.15) is 6.10 Å². The SMILES string of the molecule is CC/C=C\C/C=C\C/C=C\C/C=C\C/C=C\CCCCCC(=O)OC(CCCCCCCCCCCCCCCCCC)CCCCCCCC(=O)O. The first kappa shape index (κ1) is 50.6. The van der Waals surface area contributed by atoms with E-state index in [1.54, 1.807) is 0 Å². The van der Waals surface area contributed by atoms with Crippen molar-refractivity contribution in [1.82, 2.24) is 0 Å². The van der Waals surface area contributed by atoms with Crippen molar-refractivity contribution in [1.29, 1.82) is 0 Å². The molecular weight excluding hydrogens is 653 g/mol. The molecule has 4 nitrogen and oxygen atoms in total. The fourth-order valence-electron chi connectivity index (χ4n) is 6.68. The van der Waals surface area contributed by atoms with Crippen LogP contribution in [0, 0.1) is 0 Å². The molecule has 0 rings (SSSR count). The fraction of sp³-hybridized carbons (Fsp3) is 0.755. The second-order valence-electron chi connectivity index (χ2n) is 15.2. The fourth-order valence-corrected chi connectivity index (χ4v) is 6.68. The highest BCUT2D eigenvalue weighted by atomic mass is 16.5. The van der Waals surface area contributed by atoms with Gasteiger partial charge in [0.15, 0.2) is 0 Å². The number of esters is 1. The number of ether oxygens (including phenoxy) is 1. The molecule has 1 unspecified atom stereocenters. The summed E-state index contributed by atoms with van der Waals surface area (Å²) in [7, 11) is 0. The van der Waals surface area contributed by atoms with Crippen molar-refractivity contribution in [3.05, 3.63) is 60.8 Å². The number of unbranched alkanes of at least 4 members (excludes halogenated alkanes) is 22. The van der Waals surface area contributed by atoms with Crippen LogP contribution >= 0.6 is 0 Å². The van der Waals surface area contributed by atoms with Crippen LogP contribution in [-0.2, 0) is 14.3 Å². The van der Waals surface area contributed by atoms with Gasteiger partial charge in [0.25, 0.3) is 0 Å². The molecule has 0 saturated carbocycles. The number of hydrogen-bond donors (Lipinski definition) is 1. The van der Waals surface area contributed by atoms with E-state index in [-0.39, 0.29) is 18.5 Å². The minimum atomic E-state index is -0.704. The Morgan fingerprint density at radius 1 is 0.434 bits per heavy atom. The van der Waals surface area contributed by atoms with Crippen LogP contribution in [0.4, 0.5) is 0 Å². The molecule has 1 N–H and O–H groups in total. The predicted octanol–water partition coefficient (Wildman–Crippen LogP) is 16.1. The molecule has 0 heterocycles. The largest absolute Gasteiger partial charge is 0.481 e. The van der Waals surface area contributed by atoms with E-state index in [1.807, 2.05) is 0 Å². The van der Waals surface area contributed by atoms with Crippen LogP contribution in [0.2, 0.25) is 0 Å². The number of hydrogen-bond acceptors (Lipinski definition) is 3. The summed E-state index contributed by atoms with van der Waals surface area (Å²) >= 11 is 0. The Morgan fingerprint density at radius 2 is 0.792 bits per heavy atom. The van der Waals surface area contributed by atoms with Crippen molar-refractivity contribution >= 4 is 11.9 Å². The van der Waals surface area contributed by atoms with Gasteiger partial charge in [0.05, 0.1) is 0 Å². The maximum absolute atomic E-state index is 12.7. The third-order valence-electron chi connectivity index (χ3n) is 10.0. The number of carbonyl (C=O) groups is 2. The standard InChI is InChI=1S/C49H86O4/c1-3-5-7-9-11-13-15-17-19-21-22-23-25-27-29-31-33-38-42-46-49(52)53-47(44-40-36-34-37-41-45-48(50)51)43-39-35-32-30-28-26-24-20-18-16-14-12-10-8-6-4-2/h5,7,11,13,17,19,22-23,27,29,47H,3-4,6,8-10,12,14-16,18,20-21,24-26,28,30-46H2,1-2H3,(H,50,51)/b7-5-,13-11-,19-17-,23-22-,29-27-. The lowest BCUT2D eigenvalue weighted by molar-refractivity contribution is -0.150. The Balaban J connectivity index is 4.08. The number of carboxylic acid groups (broad SMARTS) is 1. The zero-order chi connectivity index (χ0) is 38.6. The minimum absolute atomic E-state index is 0.0252. The summed E-state index contributed by atoms with van der Waals surface area (Å²) in [6, 6.07) is 0. The molecule has 0 aromatic carbocycles. The van der Waals surface area contributed by atoms with E-state index in [0.29, 0.717) is 6.42 Å². The highest BCUT2D eigenvalue weighted by Gasteiger charge is 2.14. The first-order chi connectivity index (χ1) is 26.1. The molecule has 53 heavy (non-hydrogen) atoms. The molecule has 0 aromatic heterocycles. The van der Waals surface area contributed by atoms with E-state index >= 15 is 0 Å². The highest BCUT2D eigenvalue weighted by Crippen LogP contribution is 2.19. The number of carboxylic acids is 1. The lowest BCUT2D eigenvalue weighted by Gasteiger charge is -2.18. The van der Waals surface area contributed by atoms with Crippen LogP contribution in [-0.4, -0.2) is 23.1 Å². The summed E-state index contributed by atoms with van der Waals surface area (Å²) in [5.74, 6) is -0.729. The van der Waals surface area contributed by atoms with Crippen LogP contribution < -0.4 is 0 Å². The third kappa shape index (κ3) is 43.9. The highest BCUT2D eigenvalue weighted by molar-refractivity contribution is 5.69. The van der Waals surface area contributed by atoms with E-state index in [1.165, 1.54) is 96.3 Å². The summed E-state index contributed by atoms with van der Waals surface area (Å²) in [6.07, 6.45) is 61.1. The Morgan fingerprint density at radius 3 is 1.23 bits per heavy atom. The summed E-state index contributed by atoms with van der Waals surface area (Å²) in [5.41, 5.74) is 0. The molecule has 0 bridgehead atoms. The van der Waals surface area contributed by atoms with Crippen molar-refractivity contribution in [2.45, 2.75) is 238 Å². The monoisotopic (exact) mass is 739 g/mol. The second kappa shape index (κ2) is 44.0. The van der Waals surface area contributed by atoms with Gasteiger partial charge in [0, 0.05) is 12.8 Å². The summed E-state index contributed by atoms with van der Waals surface area (Å²) in [4.78, 5) is 23.5. The second-order valence-corrected chi connectivity index (χ2v) is 15.2. The first-order valence-corrected chi connectivity index (χ1v) is 22.8. The minimum Gasteiger partial charge on any atom is -0.481 e. The Labute approximate surface area is 329 Å². The van der Waals surface area contributed by atoms with Crippen molar-refractivity contribution < 1.29 is 19.4 Å². The predicted molar refractivity (Wildman–Crippen MR) is 232 cm³/mol. The number of allylic oxidation sites excluding steroid dienone is 10. The van der Waals surface area contributed by atoms with E-state index in [2.05, 4.69) is 74.6 Å². The van der Waals surface area contributed by atoms with Crippen LogP contribution in [0.5, 0.6) is 0 Å². The number of carbonyl (C=O) groups excluding carboxylic acids is 1. The van der Waals surface area contributed by atoms with Gasteiger partial charge in [-0.3, -0.25) is 9.59 Å². The first-order valence-electron chi connectivity index (χ1n) is 22.8. The van der Waals surface area contributed by atoms with Crippen molar-refractivity contribution in [2.75, 3.05) is 0 Å². The van der Waals surface area contributed by atoms with E-state index in [0.717, 1.165) is 109 Å². The van der Waals surface area contributed by atoms with Gasteiger partial charge >= 0.3 is 11.9 Å². The van der Waals surface area contributed by atoms with Gasteiger partial charge < -0.3 is 9.84 Å². The topological polar surface area (TPSA) is 63.6 Å². The average molecular weight is 739 g/mol. The summed E-state index contributed by atoms with van der Waals surface area (Å²) in [5, 5.41) is 8.85. The lowest BCUT2D eigenvalue weighted by Crippen LogP contribution is -2.18. The van der Waals surface area contributed by atoms with Gasteiger partial charge in [0.2, 0.25) is 0 Å². The molecule has 0 spiro atoms. The van der Waals surface area contributed by atoms with Crippen LogP contribution in [0.3, 0.4) is 0 Å². The van der Waals surface area contributed by atoms with Crippen LogP contribution in [0.25, 0.3) is 0 Å². The van der Waals surface area contributed by atoms with E-state index < -0.39 is 5.97 Å². The molecule has 0 aliphatic heterocycles. The Hall–Kier alpha value is -2.36. The lowest BCUT2D eigenvalue weighted by atomic mass is 10.0. The van der Waals surface area contributed by atoms with E-state index in [9.17, 15) is 9.59 Å². The molecule has 4 heteroatoms. The normalized spacial score (nSPS) is 12.8. The maximum Gasteiger partial charge on any atom is 0.306 e. The van der Waals surface area contributed by atoms with Crippen molar-refractivity contribution in [3.63, 3.8) is 0 Å².